The number of benzene rings is 1. The number of halogens is 2. The summed E-state index contributed by atoms with van der Waals surface area (Å²) in [6.45, 7) is 1.68. The van der Waals surface area contributed by atoms with Crippen LogP contribution in [0.15, 0.2) is 35.8 Å². The number of para-hydroxylation sites is 1. The van der Waals surface area contributed by atoms with E-state index in [1.807, 2.05) is 0 Å². The lowest BCUT2D eigenvalue weighted by atomic mass is 10.00. The highest BCUT2D eigenvalue weighted by atomic mass is 32.1. The van der Waals surface area contributed by atoms with Crippen molar-refractivity contribution in [1.82, 2.24) is 9.88 Å². The SMILES string of the molecule is Cc1ncsc1C(=O)N1CCOCC2(C1)CN(c1ccccc1)C(=O)C(F)(F)O2. The molecule has 1 aromatic heterocycles. The summed E-state index contributed by atoms with van der Waals surface area (Å²) in [4.78, 5) is 32.2. The smallest absolute Gasteiger partial charge is 0.376 e. The highest BCUT2D eigenvalue weighted by Crippen LogP contribution is 2.37. The summed E-state index contributed by atoms with van der Waals surface area (Å²) < 4.78 is 39.7. The maximum Gasteiger partial charge on any atom is 0.437 e. The predicted molar refractivity (Wildman–Crippen MR) is 101 cm³/mol. The fourth-order valence-corrected chi connectivity index (χ4v) is 4.34. The van der Waals surface area contributed by atoms with Crippen LogP contribution in [0.5, 0.6) is 0 Å². The first kappa shape index (κ1) is 19.9. The molecule has 1 spiro atoms. The molecule has 0 bridgehead atoms. The van der Waals surface area contributed by atoms with Crippen molar-refractivity contribution >= 4 is 28.8 Å². The van der Waals surface area contributed by atoms with E-state index in [-0.39, 0.29) is 38.8 Å². The number of hydrogen-bond donors (Lipinski definition) is 0. The molecule has 2 amide bonds. The zero-order valence-electron chi connectivity index (χ0n) is 15.6. The van der Waals surface area contributed by atoms with Crippen molar-refractivity contribution < 1.29 is 27.8 Å². The van der Waals surface area contributed by atoms with Crippen molar-refractivity contribution in [3.63, 3.8) is 0 Å². The first-order chi connectivity index (χ1) is 13.8. The molecule has 2 fully saturated rings. The third-order valence-electron chi connectivity index (χ3n) is 4.93. The van der Waals surface area contributed by atoms with Crippen LogP contribution in [-0.4, -0.2) is 66.3 Å². The number of aryl methyl sites for hydroxylation is 1. The molecule has 1 unspecified atom stereocenters. The summed E-state index contributed by atoms with van der Waals surface area (Å²) in [6, 6.07) is 8.21. The first-order valence-electron chi connectivity index (χ1n) is 9.03. The molecule has 10 heteroatoms. The predicted octanol–water partition coefficient (Wildman–Crippen LogP) is 2.32. The third-order valence-corrected chi connectivity index (χ3v) is 5.85. The van der Waals surface area contributed by atoms with E-state index < -0.39 is 17.6 Å². The maximum absolute atomic E-state index is 14.6. The fraction of sp³-hybridized carbons (Fsp3) is 0.421. The van der Waals surface area contributed by atoms with Crippen molar-refractivity contribution in [3.05, 3.63) is 46.4 Å². The lowest BCUT2D eigenvalue weighted by Gasteiger charge is -2.45. The van der Waals surface area contributed by atoms with E-state index in [4.69, 9.17) is 9.47 Å². The number of thiazole rings is 1. The van der Waals surface area contributed by atoms with Gasteiger partial charge in [-0.25, -0.2) is 4.98 Å². The monoisotopic (exact) mass is 423 g/mol. The Kier molecular flexibility index (Phi) is 5.09. The van der Waals surface area contributed by atoms with E-state index in [0.717, 1.165) is 4.90 Å². The molecule has 154 valence electrons. The number of carbonyl (C=O) groups is 2. The van der Waals surface area contributed by atoms with Crippen molar-refractivity contribution in [2.75, 3.05) is 37.7 Å². The van der Waals surface area contributed by atoms with Gasteiger partial charge >= 0.3 is 12.0 Å². The topological polar surface area (TPSA) is 72.0 Å². The molecule has 29 heavy (non-hydrogen) atoms. The van der Waals surface area contributed by atoms with E-state index >= 15 is 0 Å². The molecule has 1 aromatic carbocycles. The van der Waals surface area contributed by atoms with Crippen LogP contribution in [0.4, 0.5) is 14.5 Å². The Labute approximate surface area is 169 Å². The number of morpholine rings is 1. The second kappa shape index (κ2) is 7.43. The number of aromatic nitrogens is 1. The van der Waals surface area contributed by atoms with Crippen LogP contribution in [0.1, 0.15) is 15.4 Å². The molecule has 0 aliphatic carbocycles. The highest BCUT2D eigenvalue weighted by Gasteiger charge is 2.58. The van der Waals surface area contributed by atoms with Gasteiger partial charge in [-0.15, -0.1) is 11.3 Å². The molecule has 2 saturated heterocycles. The summed E-state index contributed by atoms with van der Waals surface area (Å²) in [5.74, 6) is -1.75. The molecule has 0 radical (unpaired) electrons. The van der Waals surface area contributed by atoms with E-state index in [0.29, 0.717) is 16.3 Å². The zero-order chi connectivity index (χ0) is 20.6. The Morgan fingerprint density at radius 1 is 1.24 bits per heavy atom. The van der Waals surface area contributed by atoms with Gasteiger partial charge in [-0.2, -0.15) is 8.78 Å². The Bertz CT molecular complexity index is 923. The minimum Gasteiger partial charge on any atom is -0.376 e. The Balaban J connectivity index is 1.66. The lowest BCUT2D eigenvalue weighted by molar-refractivity contribution is -0.293. The largest absolute Gasteiger partial charge is 0.437 e. The molecule has 2 aliphatic rings. The first-order valence-corrected chi connectivity index (χ1v) is 9.91. The highest BCUT2D eigenvalue weighted by molar-refractivity contribution is 7.11. The van der Waals surface area contributed by atoms with Gasteiger partial charge in [0.1, 0.15) is 10.5 Å². The van der Waals surface area contributed by atoms with E-state index in [1.54, 1.807) is 42.8 Å². The number of ether oxygens (including phenoxy) is 2. The maximum atomic E-state index is 14.6. The number of carbonyl (C=O) groups excluding carboxylic acids is 2. The Morgan fingerprint density at radius 3 is 2.69 bits per heavy atom. The van der Waals surface area contributed by atoms with Crippen molar-refractivity contribution in [2.45, 2.75) is 18.6 Å². The number of nitrogens with zero attached hydrogens (tertiary/aromatic N) is 3. The van der Waals surface area contributed by atoms with Crippen molar-refractivity contribution in [1.29, 1.82) is 0 Å². The van der Waals surface area contributed by atoms with E-state index in [9.17, 15) is 18.4 Å². The molecule has 3 heterocycles. The minimum absolute atomic E-state index is 0.130. The van der Waals surface area contributed by atoms with Gasteiger partial charge in [0.25, 0.3) is 5.91 Å². The van der Waals surface area contributed by atoms with Crippen LogP contribution in [0.3, 0.4) is 0 Å². The van der Waals surface area contributed by atoms with Gasteiger partial charge in [0.2, 0.25) is 0 Å². The number of rotatable bonds is 2. The second-order valence-corrected chi connectivity index (χ2v) is 7.93. The molecule has 1 atom stereocenters. The Hall–Kier alpha value is -2.43. The summed E-state index contributed by atoms with van der Waals surface area (Å²) in [5, 5.41) is 0. The number of hydrogen-bond acceptors (Lipinski definition) is 6. The quantitative estimate of drug-likeness (QED) is 0.742. The molecular formula is C19H19F2N3O4S. The lowest BCUT2D eigenvalue weighted by Crippen LogP contribution is -2.66. The number of amides is 2. The van der Waals surface area contributed by atoms with Crippen molar-refractivity contribution in [2.24, 2.45) is 0 Å². The van der Waals surface area contributed by atoms with Gasteiger partial charge in [0, 0.05) is 12.2 Å². The van der Waals surface area contributed by atoms with Gasteiger partial charge in [-0.1, -0.05) is 18.2 Å². The molecule has 4 rings (SSSR count). The summed E-state index contributed by atoms with van der Waals surface area (Å²) in [5.41, 5.74) is 0.918. The van der Waals surface area contributed by atoms with E-state index in [2.05, 4.69) is 4.98 Å². The Morgan fingerprint density at radius 2 is 2.00 bits per heavy atom. The zero-order valence-corrected chi connectivity index (χ0v) is 16.5. The van der Waals surface area contributed by atoms with Crippen molar-refractivity contribution in [3.8, 4) is 0 Å². The summed E-state index contributed by atoms with van der Waals surface area (Å²) in [6.07, 6.45) is -4.03. The average Bonchev–Trinajstić information content (AvgIpc) is 3.02. The van der Waals surface area contributed by atoms with Gasteiger partial charge in [0.05, 0.1) is 37.5 Å². The normalized spacial score (nSPS) is 24.6. The third kappa shape index (κ3) is 3.75. The fourth-order valence-electron chi connectivity index (χ4n) is 3.57. The molecule has 2 aliphatic heterocycles. The van der Waals surface area contributed by atoms with Crippen LogP contribution in [0.2, 0.25) is 0 Å². The van der Waals surface area contributed by atoms with Gasteiger partial charge in [-0.3, -0.25) is 14.3 Å². The van der Waals surface area contributed by atoms with Crippen LogP contribution in [-0.2, 0) is 14.3 Å². The standard InChI is InChI=1S/C19H19F2N3O4S/c1-13-15(29-12-22-13)16(25)23-7-8-27-11-18(9-23)10-24(14-5-3-2-4-6-14)17(26)19(20,21)28-18/h2-6,12H,7-11H2,1H3. The van der Waals surface area contributed by atoms with Gasteiger partial charge < -0.3 is 14.5 Å². The molecule has 0 N–H and O–H groups in total. The second-order valence-electron chi connectivity index (χ2n) is 7.07. The van der Waals surface area contributed by atoms with Crippen LogP contribution >= 0.6 is 11.3 Å². The molecular weight excluding hydrogens is 404 g/mol. The number of alkyl halides is 2. The summed E-state index contributed by atoms with van der Waals surface area (Å²) in [7, 11) is 0. The van der Waals surface area contributed by atoms with Gasteiger partial charge in [0.15, 0.2) is 0 Å². The minimum atomic E-state index is -4.03. The van der Waals surface area contributed by atoms with Crippen LogP contribution < -0.4 is 4.90 Å². The average molecular weight is 423 g/mol. The van der Waals surface area contributed by atoms with E-state index in [1.165, 1.54) is 16.2 Å². The molecule has 0 saturated carbocycles. The summed E-state index contributed by atoms with van der Waals surface area (Å²) >= 11 is 1.19. The van der Waals surface area contributed by atoms with Crippen LogP contribution in [0.25, 0.3) is 0 Å². The van der Waals surface area contributed by atoms with Crippen LogP contribution in [0, 0.1) is 6.92 Å². The molecule has 7 nitrogen and oxygen atoms in total. The number of anilines is 1. The molecule has 2 aromatic rings. The van der Waals surface area contributed by atoms with Gasteiger partial charge in [-0.05, 0) is 19.1 Å².